The molecular formula is C20H35N5O4. The molecule has 0 bridgehead atoms. The summed E-state index contributed by atoms with van der Waals surface area (Å²) in [6.07, 6.45) is 3.50. The number of hydrogen-bond acceptors (Lipinski definition) is 7. The minimum atomic E-state index is -0.746. The molecular weight excluding hydrogens is 374 g/mol. The highest BCUT2D eigenvalue weighted by molar-refractivity contribution is 5.69. The predicted molar refractivity (Wildman–Crippen MR) is 108 cm³/mol. The lowest BCUT2D eigenvalue weighted by Crippen LogP contribution is -2.58. The Morgan fingerprint density at radius 1 is 1.03 bits per heavy atom. The minimum Gasteiger partial charge on any atom is -0.481 e. The first-order valence-corrected chi connectivity index (χ1v) is 11.1. The van der Waals surface area contributed by atoms with Gasteiger partial charge in [-0.3, -0.25) is 19.5 Å². The van der Waals surface area contributed by atoms with Crippen molar-refractivity contribution in [2.45, 2.75) is 44.0 Å². The number of rotatable bonds is 8. The van der Waals surface area contributed by atoms with E-state index in [1.165, 1.54) is 25.9 Å². The molecule has 3 heterocycles. The number of carboxylic acid groups (broad SMARTS) is 1. The lowest BCUT2D eigenvalue weighted by atomic mass is 10.1. The van der Waals surface area contributed by atoms with Gasteiger partial charge in [0.15, 0.2) is 6.23 Å². The van der Waals surface area contributed by atoms with E-state index >= 15 is 0 Å². The Kier molecular flexibility index (Phi) is 6.58. The van der Waals surface area contributed by atoms with Crippen LogP contribution in [-0.4, -0.2) is 132 Å². The van der Waals surface area contributed by atoms with Gasteiger partial charge in [0, 0.05) is 71.5 Å². The van der Waals surface area contributed by atoms with Crippen LogP contribution in [0.1, 0.15) is 25.7 Å². The number of carbonyl (C=O) groups excluding carboxylic acids is 1. The van der Waals surface area contributed by atoms with Gasteiger partial charge in [0.1, 0.15) is 0 Å². The average molecular weight is 410 g/mol. The summed E-state index contributed by atoms with van der Waals surface area (Å²) in [4.78, 5) is 34.2. The number of hydrogen-bond donors (Lipinski definition) is 1. The second-order valence-electron chi connectivity index (χ2n) is 8.95. The lowest BCUT2D eigenvalue weighted by molar-refractivity contribution is -0.137. The zero-order chi connectivity index (χ0) is 20.4. The van der Waals surface area contributed by atoms with Gasteiger partial charge in [-0.1, -0.05) is 0 Å². The van der Waals surface area contributed by atoms with E-state index < -0.39 is 5.97 Å². The SMILES string of the molecule is CN1CC(N2CCN(CCC(=O)O)CC2CCN2CCN(C3CC3)CC2)OC1=O. The predicted octanol–water partition coefficient (Wildman–Crippen LogP) is 0.0255. The summed E-state index contributed by atoms with van der Waals surface area (Å²) in [7, 11) is 1.78. The normalized spacial score (nSPS) is 30.7. The van der Waals surface area contributed by atoms with Crippen LogP contribution in [-0.2, 0) is 9.53 Å². The number of aliphatic carboxylic acids is 1. The van der Waals surface area contributed by atoms with Gasteiger partial charge in [-0.15, -0.1) is 0 Å². The molecule has 164 valence electrons. The van der Waals surface area contributed by atoms with E-state index in [9.17, 15) is 9.59 Å². The van der Waals surface area contributed by atoms with Crippen molar-refractivity contribution in [3.63, 3.8) is 0 Å². The molecule has 1 saturated carbocycles. The fourth-order valence-electron chi connectivity index (χ4n) is 4.88. The van der Waals surface area contributed by atoms with Crippen LogP contribution in [0.25, 0.3) is 0 Å². The second-order valence-corrected chi connectivity index (χ2v) is 8.95. The molecule has 1 aliphatic carbocycles. The summed E-state index contributed by atoms with van der Waals surface area (Å²) < 4.78 is 5.60. The third kappa shape index (κ3) is 5.39. The molecule has 9 heteroatoms. The molecule has 4 aliphatic rings. The van der Waals surface area contributed by atoms with Crippen molar-refractivity contribution in [2.24, 2.45) is 0 Å². The molecule has 3 saturated heterocycles. The van der Waals surface area contributed by atoms with Crippen LogP contribution in [0.2, 0.25) is 0 Å². The van der Waals surface area contributed by atoms with E-state index in [0.717, 1.165) is 51.7 Å². The highest BCUT2D eigenvalue weighted by Gasteiger charge is 2.39. The summed E-state index contributed by atoms with van der Waals surface area (Å²) in [5.41, 5.74) is 0. The maximum atomic E-state index is 11.9. The van der Waals surface area contributed by atoms with Gasteiger partial charge in [-0.25, -0.2) is 4.79 Å². The maximum Gasteiger partial charge on any atom is 0.411 e. The summed E-state index contributed by atoms with van der Waals surface area (Å²) >= 11 is 0. The van der Waals surface area contributed by atoms with Gasteiger partial charge in [0.2, 0.25) is 0 Å². The number of piperazine rings is 2. The van der Waals surface area contributed by atoms with Crippen LogP contribution in [0.5, 0.6) is 0 Å². The molecule has 29 heavy (non-hydrogen) atoms. The molecule has 4 rings (SSSR count). The van der Waals surface area contributed by atoms with E-state index in [4.69, 9.17) is 9.84 Å². The monoisotopic (exact) mass is 409 g/mol. The fraction of sp³-hybridized carbons (Fsp3) is 0.900. The van der Waals surface area contributed by atoms with Crippen LogP contribution in [0.3, 0.4) is 0 Å². The van der Waals surface area contributed by atoms with Crippen molar-refractivity contribution >= 4 is 12.1 Å². The summed E-state index contributed by atoms with van der Waals surface area (Å²) in [6, 6.07) is 1.13. The zero-order valence-corrected chi connectivity index (χ0v) is 17.5. The topological polar surface area (TPSA) is 79.8 Å². The standard InChI is InChI=1S/C20H35N5O4/c1-21-15-18(29-20(21)28)25-13-10-23(7-5-19(26)27)14-17(25)4-6-22-8-11-24(12-9-22)16-2-3-16/h16-18H,2-15H2,1H3,(H,26,27). The lowest BCUT2D eigenvalue weighted by Gasteiger charge is -2.44. The third-order valence-corrected chi connectivity index (χ3v) is 6.85. The van der Waals surface area contributed by atoms with E-state index in [2.05, 4.69) is 19.6 Å². The van der Waals surface area contributed by atoms with E-state index in [-0.39, 0.29) is 24.8 Å². The first-order valence-electron chi connectivity index (χ1n) is 11.1. The molecule has 2 unspecified atom stereocenters. The van der Waals surface area contributed by atoms with Gasteiger partial charge in [0.25, 0.3) is 0 Å². The van der Waals surface area contributed by atoms with Crippen molar-refractivity contribution < 1.29 is 19.4 Å². The fourth-order valence-corrected chi connectivity index (χ4v) is 4.88. The molecule has 0 spiro atoms. The van der Waals surface area contributed by atoms with Gasteiger partial charge >= 0.3 is 12.1 Å². The van der Waals surface area contributed by atoms with E-state index in [0.29, 0.717) is 13.1 Å². The number of carboxylic acids is 1. The number of likely N-dealkylation sites (N-methyl/N-ethyl adjacent to an activating group) is 1. The average Bonchev–Trinajstić information content (AvgIpc) is 3.50. The highest BCUT2D eigenvalue weighted by atomic mass is 16.6. The quantitative estimate of drug-likeness (QED) is 0.601. The Hall–Kier alpha value is -1.42. The molecule has 1 amide bonds. The Labute approximate surface area is 173 Å². The number of carbonyl (C=O) groups is 2. The molecule has 0 aromatic rings. The number of cyclic esters (lactones) is 1. The largest absolute Gasteiger partial charge is 0.481 e. The van der Waals surface area contributed by atoms with Crippen molar-refractivity contribution in [1.29, 1.82) is 0 Å². The van der Waals surface area contributed by atoms with Crippen molar-refractivity contribution in [3.05, 3.63) is 0 Å². The van der Waals surface area contributed by atoms with Gasteiger partial charge in [-0.2, -0.15) is 0 Å². The second kappa shape index (κ2) is 9.16. The number of nitrogens with zero attached hydrogens (tertiary/aromatic N) is 5. The zero-order valence-electron chi connectivity index (χ0n) is 17.5. The van der Waals surface area contributed by atoms with Gasteiger partial charge in [0.05, 0.1) is 13.0 Å². The van der Waals surface area contributed by atoms with E-state index in [1.54, 1.807) is 11.9 Å². The molecule has 3 aliphatic heterocycles. The Bertz CT molecular complexity index is 593. The van der Waals surface area contributed by atoms with Crippen LogP contribution in [0, 0.1) is 0 Å². The first kappa shape index (κ1) is 20.8. The molecule has 1 N–H and O–H groups in total. The van der Waals surface area contributed by atoms with Crippen molar-refractivity contribution in [2.75, 3.05) is 72.5 Å². The van der Waals surface area contributed by atoms with Crippen LogP contribution in [0.15, 0.2) is 0 Å². The molecule has 0 radical (unpaired) electrons. The Balaban J connectivity index is 1.31. The number of ether oxygens (including phenoxy) is 1. The third-order valence-electron chi connectivity index (χ3n) is 6.85. The molecule has 4 fully saturated rings. The summed E-state index contributed by atoms with van der Waals surface area (Å²) in [5.74, 6) is -0.746. The number of amides is 1. The molecule has 2 atom stereocenters. The molecule has 0 aromatic carbocycles. The highest BCUT2D eigenvalue weighted by Crippen LogP contribution is 2.28. The minimum absolute atomic E-state index is 0.178. The van der Waals surface area contributed by atoms with Crippen LogP contribution < -0.4 is 0 Å². The van der Waals surface area contributed by atoms with Crippen molar-refractivity contribution in [3.8, 4) is 0 Å². The summed E-state index contributed by atoms with van der Waals surface area (Å²) in [5, 5.41) is 9.02. The van der Waals surface area contributed by atoms with Crippen molar-refractivity contribution in [1.82, 2.24) is 24.5 Å². The Morgan fingerprint density at radius 3 is 2.38 bits per heavy atom. The summed E-state index contributed by atoms with van der Waals surface area (Å²) in [6.45, 7) is 9.32. The van der Waals surface area contributed by atoms with Gasteiger partial charge in [-0.05, 0) is 25.8 Å². The first-order chi connectivity index (χ1) is 14.0. The molecule has 9 nitrogen and oxygen atoms in total. The maximum absolute atomic E-state index is 11.9. The smallest absolute Gasteiger partial charge is 0.411 e. The van der Waals surface area contributed by atoms with E-state index in [1.807, 2.05) is 0 Å². The van der Waals surface area contributed by atoms with Crippen LogP contribution >= 0.6 is 0 Å². The van der Waals surface area contributed by atoms with Gasteiger partial charge < -0.3 is 19.6 Å². The van der Waals surface area contributed by atoms with Crippen LogP contribution in [0.4, 0.5) is 4.79 Å². The molecule has 0 aromatic heterocycles. The Morgan fingerprint density at radius 2 is 1.76 bits per heavy atom.